The average molecular weight is 451 g/mol. The fourth-order valence-corrected chi connectivity index (χ4v) is 3.86. The zero-order valence-corrected chi connectivity index (χ0v) is 17.3. The lowest BCUT2D eigenvalue weighted by Gasteiger charge is -2.35. The minimum atomic E-state index is -0.931. The molecule has 168 valence electrons. The first-order chi connectivity index (χ1) is 16.0. The van der Waals surface area contributed by atoms with Crippen LogP contribution in [0.4, 0.5) is 30.9 Å². The summed E-state index contributed by atoms with van der Waals surface area (Å²) in [6.45, 7) is 1.84. The number of benzene rings is 1. The molecule has 33 heavy (non-hydrogen) atoms. The van der Waals surface area contributed by atoms with Crippen LogP contribution in [-0.4, -0.2) is 61.9 Å². The summed E-state index contributed by atoms with van der Waals surface area (Å²) >= 11 is 0. The molecule has 0 spiro atoms. The standard InChI is InChI=1S/C22H19F2N7O2/c23-15-2-1-3-16(24)20(15)17-5-4-14-12-26-21(31(14)28-17)27-18-13-25-7-6-19(18)29-8-10-30(11-9-29)22(32)33/h1-7,12-13H,8-11H2,(H,26,27)(H,32,33). The number of pyridine rings is 1. The number of rotatable bonds is 4. The molecular formula is C22H19F2N7O2. The quantitative estimate of drug-likeness (QED) is 0.489. The molecule has 11 heteroatoms. The van der Waals surface area contributed by atoms with Crippen molar-refractivity contribution in [2.45, 2.75) is 0 Å². The molecule has 1 aromatic carbocycles. The van der Waals surface area contributed by atoms with Gasteiger partial charge in [-0.3, -0.25) is 4.98 Å². The number of nitrogens with one attached hydrogen (secondary N) is 1. The van der Waals surface area contributed by atoms with E-state index < -0.39 is 17.7 Å². The van der Waals surface area contributed by atoms with Gasteiger partial charge in [-0.2, -0.15) is 9.61 Å². The molecule has 9 nitrogen and oxygen atoms in total. The molecule has 1 fully saturated rings. The van der Waals surface area contributed by atoms with Crippen molar-refractivity contribution in [2.75, 3.05) is 36.4 Å². The third-order valence-electron chi connectivity index (χ3n) is 5.54. The van der Waals surface area contributed by atoms with Gasteiger partial charge in [0.15, 0.2) is 0 Å². The predicted molar refractivity (Wildman–Crippen MR) is 118 cm³/mol. The fourth-order valence-electron chi connectivity index (χ4n) is 3.86. The van der Waals surface area contributed by atoms with E-state index in [9.17, 15) is 18.7 Å². The van der Waals surface area contributed by atoms with Gasteiger partial charge in [-0.1, -0.05) is 6.07 Å². The largest absolute Gasteiger partial charge is 0.465 e. The molecule has 4 aromatic rings. The highest BCUT2D eigenvalue weighted by Gasteiger charge is 2.23. The number of piperazine rings is 1. The van der Waals surface area contributed by atoms with Gasteiger partial charge in [0.05, 0.1) is 40.5 Å². The van der Waals surface area contributed by atoms with E-state index >= 15 is 0 Å². The molecule has 1 aliphatic rings. The van der Waals surface area contributed by atoms with Crippen molar-refractivity contribution in [2.24, 2.45) is 0 Å². The lowest BCUT2D eigenvalue weighted by Crippen LogP contribution is -2.48. The maximum absolute atomic E-state index is 14.3. The highest BCUT2D eigenvalue weighted by molar-refractivity contribution is 5.74. The summed E-state index contributed by atoms with van der Waals surface area (Å²) in [7, 11) is 0. The van der Waals surface area contributed by atoms with E-state index in [2.05, 4.69) is 25.3 Å². The van der Waals surface area contributed by atoms with E-state index in [-0.39, 0.29) is 11.3 Å². The molecule has 3 aromatic heterocycles. The molecule has 1 aliphatic heterocycles. The van der Waals surface area contributed by atoms with Crippen molar-refractivity contribution in [3.63, 3.8) is 0 Å². The van der Waals surface area contributed by atoms with Crippen LogP contribution in [0, 0.1) is 11.6 Å². The highest BCUT2D eigenvalue weighted by Crippen LogP contribution is 2.29. The monoisotopic (exact) mass is 451 g/mol. The average Bonchev–Trinajstić information content (AvgIpc) is 3.21. The Hall–Kier alpha value is -4.28. The topological polar surface area (TPSA) is 98.9 Å². The summed E-state index contributed by atoms with van der Waals surface area (Å²) in [5.74, 6) is -1.06. The summed E-state index contributed by atoms with van der Waals surface area (Å²) in [4.78, 5) is 23.2. The second-order valence-electron chi connectivity index (χ2n) is 7.51. The first-order valence-electron chi connectivity index (χ1n) is 10.2. The second-order valence-corrected chi connectivity index (χ2v) is 7.51. The summed E-state index contributed by atoms with van der Waals surface area (Å²) in [5, 5.41) is 16.8. The van der Waals surface area contributed by atoms with Crippen molar-refractivity contribution >= 4 is 28.9 Å². The number of aromatic nitrogens is 4. The van der Waals surface area contributed by atoms with Crippen LogP contribution in [0.5, 0.6) is 0 Å². The molecule has 0 aliphatic carbocycles. The van der Waals surface area contributed by atoms with Gasteiger partial charge in [-0.25, -0.2) is 18.6 Å². The summed E-state index contributed by atoms with van der Waals surface area (Å²) < 4.78 is 30.0. The number of imidazole rings is 1. The molecule has 0 atom stereocenters. The van der Waals surface area contributed by atoms with Gasteiger partial charge in [0.2, 0.25) is 5.95 Å². The van der Waals surface area contributed by atoms with Crippen molar-refractivity contribution < 1.29 is 18.7 Å². The Labute approximate surface area is 186 Å². The van der Waals surface area contributed by atoms with Crippen molar-refractivity contribution in [1.82, 2.24) is 24.5 Å². The fraction of sp³-hybridized carbons (Fsp3) is 0.182. The molecule has 1 saturated heterocycles. The molecule has 4 heterocycles. The first kappa shape index (κ1) is 20.6. The SMILES string of the molecule is O=C(O)N1CCN(c2ccncc2Nc2ncc3ccc(-c4c(F)cccc4F)nn23)CC1. The van der Waals surface area contributed by atoms with Gasteiger partial charge in [-0.15, -0.1) is 0 Å². The minimum Gasteiger partial charge on any atom is -0.465 e. The third kappa shape index (κ3) is 3.88. The number of hydrogen-bond donors (Lipinski definition) is 2. The number of hydrogen-bond acceptors (Lipinski definition) is 6. The van der Waals surface area contributed by atoms with Gasteiger partial charge in [0, 0.05) is 32.4 Å². The van der Waals surface area contributed by atoms with Gasteiger partial charge in [-0.05, 0) is 30.3 Å². The number of fused-ring (bicyclic) bond motifs is 1. The Morgan fingerprint density at radius 3 is 2.48 bits per heavy atom. The van der Waals surface area contributed by atoms with Crippen LogP contribution in [-0.2, 0) is 0 Å². The summed E-state index contributed by atoms with van der Waals surface area (Å²) in [6.07, 6.45) is 3.96. The van der Waals surface area contributed by atoms with E-state index in [0.717, 1.165) is 5.69 Å². The minimum absolute atomic E-state index is 0.135. The molecule has 0 radical (unpaired) electrons. The van der Waals surface area contributed by atoms with Crippen LogP contribution in [0.3, 0.4) is 0 Å². The van der Waals surface area contributed by atoms with Gasteiger partial charge < -0.3 is 20.2 Å². The number of nitrogens with zero attached hydrogens (tertiary/aromatic N) is 6. The molecular weight excluding hydrogens is 432 g/mol. The predicted octanol–water partition coefficient (Wildman–Crippen LogP) is 3.61. The Morgan fingerprint density at radius 2 is 1.76 bits per heavy atom. The zero-order valence-electron chi connectivity index (χ0n) is 17.3. The second kappa shape index (κ2) is 8.34. The zero-order chi connectivity index (χ0) is 22.9. The lowest BCUT2D eigenvalue weighted by molar-refractivity contribution is 0.142. The van der Waals surface area contributed by atoms with Crippen LogP contribution in [0.15, 0.2) is 55.0 Å². The van der Waals surface area contributed by atoms with Gasteiger partial charge in [0.1, 0.15) is 11.6 Å². The Morgan fingerprint density at radius 1 is 1.00 bits per heavy atom. The van der Waals surface area contributed by atoms with E-state index in [4.69, 9.17) is 0 Å². The number of anilines is 3. The molecule has 5 rings (SSSR count). The van der Waals surface area contributed by atoms with E-state index in [0.29, 0.717) is 43.3 Å². The molecule has 0 unspecified atom stereocenters. The number of halogens is 2. The third-order valence-corrected chi connectivity index (χ3v) is 5.54. The van der Waals surface area contributed by atoms with Crippen LogP contribution in [0.1, 0.15) is 0 Å². The van der Waals surface area contributed by atoms with E-state index in [1.54, 1.807) is 30.7 Å². The maximum atomic E-state index is 14.3. The van der Waals surface area contributed by atoms with Crippen LogP contribution >= 0.6 is 0 Å². The molecule has 2 N–H and O–H groups in total. The Balaban J connectivity index is 1.47. The maximum Gasteiger partial charge on any atom is 0.407 e. The van der Waals surface area contributed by atoms with Gasteiger partial charge >= 0.3 is 6.09 Å². The van der Waals surface area contributed by atoms with Gasteiger partial charge in [0.25, 0.3) is 0 Å². The molecule has 0 bridgehead atoms. The summed E-state index contributed by atoms with van der Waals surface area (Å²) in [6, 6.07) is 8.73. The number of carboxylic acid groups (broad SMARTS) is 1. The molecule has 0 saturated carbocycles. The highest BCUT2D eigenvalue weighted by atomic mass is 19.1. The van der Waals surface area contributed by atoms with Crippen molar-refractivity contribution in [1.29, 1.82) is 0 Å². The Bertz CT molecular complexity index is 1320. The lowest BCUT2D eigenvalue weighted by atomic mass is 10.1. The van der Waals surface area contributed by atoms with E-state index in [1.807, 2.05) is 6.07 Å². The van der Waals surface area contributed by atoms with Crippen LogP contribution in [0.2, 0.25) is 0 Å². The molecule has 1 amide bonds. The summed E-state index contributed by atoms with van der Waals surface area (Å²) in [5.41, 5.74) is 2.05. The van der Waals surface area contributed by atoms with Crippen LogP contribution in [0.25, 0.3) is 16.8 Å². The smallest absolute Gasteiger partial charge is 0.407 e. The van der Waals surface area contributed by atoms with Crippen LogP contribution < -0.4 is 10.2 Å². The van der Waals surface area contributed by atoms with Crippen molar-refractivity contribution in [3.05, 3.63) is 66.6 Å². The number of amides is 1. The van der Waals surface area contributed by atoms with E-state index in [1.165, 1.54) is 27.6 Å². The first-order valence-corrected chi connectivity index (χ1v) is 10.2. The Kier molecular flexibility index (Phi) is 5.21. The van der Waals surface area contributed by atoms with Crippen molar-refractivity contribution in [3.8, 4) is 11.3 Å². The normalized spacial score (nSPS) is 14.0. The number of carbonyl (C=O) groups is 1.